The van der Waals surface area contributed by atoms with E-state index in [1.807, 2.05) is 0 Å². The average Bonchev–Trinajstić information content (AvgIpc) is 2.97. The highest BCUT2D eigenvalue weighted by Gasteiger charge is 2.47. The van der Waals surface area contributed by atoms with Gasteiger partial charge in [0, 0.05) is 29.5 Å². The summed E-state index contributed by atoms with van der Waals surface area (Å²) in [4.78, 5) is 12.6. The third kappa shape index (κ3) is 5.04. The molecule has 0 aromatic heterocycles. The number of fused-ring (bicyclic) bond motifs is 3. The quantitative estimate of drug-likeness (QED) is 0.122. The normalized spacial score (nSPS) is 30.1. The predicted molar refractivity (Wildman–Crippen MR) is 144 cm³/mol. The minimum absolute atomic E-state index is 0.0220. The number of esters is 1. The van der Waals surface area contributed by atoms with E-state index in [0.717, 1.165) is 0 Å². The molecule has 0 saturated carbocycles. The third-order valence-corrected chi connectivity index (χ3v) is 8.14. The molecule has 0 spiro atoms. The van der Waals surface area contributed by atoms with Crippen LogP contribution in [0.2, 0.25) is 0 Å². The number of aliphatic hydroxyl groups is 3. The van der Waals surface area contributed by atoms with Crippen LogP contribution in [0.4, 0.5) is 0 Å². The number of carbonyl (C=O) groups excluding carboxylic acids is 1. The number of aliphatic hydroxyl groups excluding tert-OH is 3. The maximum atomic E-state index is 12.6. The number of carbonyl (C=O) groups is 1. The lowest BCUT2D eigenvalue weighted by molar-refractivity contribution is -0.310. The summed E-state index contributed by atoms with van der Waals surface area (Å²) in [5.41, 5.74) is 1.42. The summed E-state index contributed by atoms with van der Waals surface area (Å²) < 4.78 is 23.7. The van der Waals surface area contributed by atoms with Gasteiger partial charge in [-0.1, -0.05) is 12.1 Å². The first-order valence-electron chi connectivity index (χ1n) is 13.6. The van der Waals surface area contributed by atoms with Crippen molar-refractivity contribution in [2.75, 3.05) is 0 Å². The van der Waals surface area contributed by atoms with Crippen LogP contribution < -0.4 is 9.47 Å². The Balaban J connectivity index is 1.46. The predicted octanol–water partition coefficient (Wildman–Crippen LogP) is 1.54. The van der Waals surface area contributed by atoms with Gasteiger partial charge in [0.05, 0.1) is 12.5 Å². The van der Waals surface area contributed by atoms with Crippen molar-refractivity contribution in [3.63, 3.8) is 0 Å². The second kappa shape index (κ2) is 10.8. The van der Waals surface area contributed by atoms with Gasteiger partial charge in [-0.3, -0.25) is 4.79 Å². The molecule has 1 fully saturated rings. The number of hydrogen-bond donors (Lipinski definition) is 8. The molecule has 43 heavy (non-hydrogen) atoms. The topological polar surface area (TPSA) is 216 Å². The van der Waals surface area contributed by atoms with Crippen molar-refractivity contribution in [1.82, 2.24) is 0 Å². The smallest absolute Gasteiger partial charge is 0.312 e. The Labute approximate surface area is 244 Å². The molecular formula is C30H30O13. The van der Waals surface area contributed by atoms with Crippen molar-refractivity contribution in [2.45, 2.75) is 68.6 Å². The summed E-state index contributed by atoms with van der Waals surface area (Å²) in [6.07, 6.45) is -9.16. The highest BCUT2D eigenvalue weighted by molar-refractivity contribution is 5.80. The molecule has 3 aliphatic heterocycles. The molecule has 0 bridgehead atoms. The summed E-state index contributed by atoms with van der Waals surface area (Å²) in [6, 6.07) is 9.38. The Morgan fingerprint density at radius 1 is 0.767 bits per heavy atom. The van der Waals surface area contributed by atoms with Gasteiger partial charge < -0.3 is 59.8 Å². The van der Waals surface area contributed by atoms with E-state index in [1.165, 1.54) is 49.4 Å². The fourth-order valence-corrected chi connectivity index (χ4v) is 5.83. The van der Waals surface area contributed by atoms with Crippen molar-refractivity contribution >= 4 is 5.97 Å². The minimum atomic E-state index is -1.63. The number of ether oxygens (including phenoxy) is 4. The van der Waals surface area contributed by atoms with Crippen LogP contribution >= 0.6 is 0 Å². The van der Waals surface area contributed by atoms with Crippen molar-refractivity contribution in [3.8, 4) is 40.2 Å². The minimum Gasteiger partial charge on any atom is -0.507 e. The van der Waals surface area contributed by atoms with E-state index < -0.39 is 66.3 Å². The van der Waals surface area contributed by atoms with Gasteiger partial charge in [-0.05, 0) is 42.3 Å². The number of phenols is 5. The van der Waals surface area contributed by atoms with E-state index >= 15 is 0 Å². The second-order valence-corrected chi connectivity index (χ2v) is 10.9. The van der Waals surface area contributed by atoms with E-state index in [9.17, 15) is 45.6 Å². The molecule has 0 radical (unpaired) electrons. The van der Waals surface area contributed by atoms with Gasteiger partial charge in [-0.25, -0.2) is 0 Å². The fraction of sp³-hybridized carbons (Fsp3) is 0.367. The molecule has 3 aliphatic rings. The summed E-state index contributed by atoms with van der Waals surface area (Å²) in [5.74, 6) is -3.02. The van der Waals surface area contributed by atoms with Crippen LogP contribution in [0.15, 0.2) is 42.5 Å². The van der Waals surface area contributed by atoms with E-state index in [-0.39, 0.29) is 47.2 Å². The molecule has 3 heterocycles. The molecule has 6 rings (SSSR count). The lowest BCUT2D eigenvalue weighted by Crippen LogP contribution is -2.58. The Bertz CT molecular complexity index is 1570. The lowest BCUT2D eigenvalue weighted by Gasteiger charge is -2.43. The maximum Gasteiger partial charge on any atom is 0.312 e. The first-order chi connectivity index (χ1) is 20.4. The molecule has 228 valence electrons. The molecule has 0 unspecified atom stereocenters. The van der Waals surface area contributed by atoms with Gasteiger partial charge in [0.15, 0.2) is 35.4 Å². The van der Waals surface area contributed by atoms with E-state index in [4.69, 9.17) is 18.9 Å². The van der Waals surface area contributed by atoms with E-state index in [0.29, 0.717) is 16.7 Å². The first-order valence-corrected chi connectivity index (χ1v) is 13.6. The van der Waals surface area contributed by atoms with Crippen LogP contribution in [0.25, 0.3) is 0 Å². The molecule has 0 amide bonds. The third-order valence-electron chi connectivity index (χ3n) is 8.14. The maximum absolute atomic E-state index is 12.6. The molecule has 1 saturated heterocycles. The van der Waals surface area contributed by atoms with Gasteiger partial charge in [0.25, 0.3) is 0 Å². The SMILES string of the molecule is C[C@@H]1O[C@@H](O[C@@H]2Cc3c(O)cc4c(c3O[C@@H]2c2ccc(O)c(O)c2)[C@@H](c2ccc(O)c(O)c2)CC(=O)O4)[C@H](O)[C@H](O)[C@H]1O. The largest absolute Gasteiger partial charge is 0.507 e. The second-order valence-electron chi connectivity index (χ2n) is 10.9. The van der Waals surface area contributed by atoms with E-state index in [2.05, 4.69) is 0 Å². The monoisotopic (exact) mass is 598 g/mol. The van der Waals surface area contributed by atoms with Crippen molar-refractivity contribution in [2.24, 2.45) is 0 Å². The molecule has 3 aromatic rings. The first kappa shape index (κ1) is 28.8. The van der Waals surface area contributed by atoms with Crippen molar-refractivity contribution < 1.29 is 64.6 Å². The number of aromatic hydroxyl groups is 5. The van der Waals surface area contributed by atoms with Crippen molar-refractivity contribution in [3.05, 3.63) is 64.7 Å². The Morgan fingerprint density at radius 2 is 1.42 bits per heavy atom. The van der Waals surface area contributed by atoms with Crippen LogP contribution in [0, 0.1) is 0 Å². The number of hydrogen-bond acceptors (Lipinski definition) is 13. The molecule has 8 atom stereocenters. The van der Waals surface area contributed by atoms with Gasteiger partial charge in [0.1, 0.15) is 41.7 Å². The molecular weight excluding hydrogens is 568 g/mol. The summed E-state index contributed by atoms with van der Waals surface area (Å²) in [7, 11) is 0. The zero-order chi connectivity index (χ0) is 30.7. The highest BCUT2D eigenvalue weighted by atomic mass is 16.7. The fourth-order valence-electron chi connectivity index (χ4n) is 5.83. The average molecular weight is 599 g/mol. The van der Waals surface area contributed by atoms with Crippen LogP contribution in [0.5, 0.6) is 40.2 Å². The van der Waals surface area contributed by atoms with Crippen LogP contribution in [0.3, 0.4) is 0 Å². The standard InChI is InChI=1S/C30H30O13/c1-11-25(37)26(38)27(39)30(40-11)42-22-8-15-18(33)10-21-24(29(15)43-28(22)13-3-5-17(32)20(35)7-13)14(9-23(36)41-21)12-2-4-16(31)19(34)6-12/h2-7,10-11,14,22,25-28,30-35,37-39H,8-9H2,1H3/t11-,14+,22+,25-,26+,27+,28+,30-/m0/s1. The molecule has 8 N–H and O–H groups in total. The van der Waals surface area contributed by atoms with Gasteiger partial charge >= 0.3 is 5.97 Å². The van der Waals surface area contributed by atoms with Crippen molar-refractivity contribution in [1.29, 1.82) is 0 Å². The Morgan fingerprint density at radius 3 is 2.09 bits per heavy atom. The van der Waals surface area contributed by atoms with E-state index in [1.54, 1.807) is 0 Å². The Hall–Kier alpha value is -4.27. The lowest BCUT2D eigenvalue weighted by atomic mass is 9.82. The molecule has 3 aromatic carbocycles. The molecule has 13 heteroatoms. The highest BCUT2D eigenvalue weighted by Crippen LogP contribution is 2.53. The molecule has 0 aliphatic carbocycles. The zero-order valence-corrected chi connectivity index (χ0v) is 22.7. The molecule has 13 nitrogen and oxygen atoms in total. The summed E-state index contributed by atoms with van der Waals surface area (Å²) in [6.45, 7) is 1.50. The number of phenolic OH excluding ortho intramolecular Hbond substituents is 5. The van der Waals surface area contributed by atoms with Crippen LogP contribution in [-0.2, 0) is 20.7 Å². The zero-order valence-electron chi connectivity index (χ0n) is 22.7. The van der Waals surface area contributed by atoms with Gasteiger partial charge in [0.2, 0.25) is 0 Å². The number of rotatable bonds is 4. The van der Waals surface area contributed by atoms with Gasteiger partial charge in [-0.15, -0.1) is 0 Å². The Kier molecular flexibility index (Phi) is 7.22. The van der Waals surface area contributed by atoms with Crippen LogP contribution in [0.1, 0.15) is 47.6 Å². The summed E-state index contributed by atoms with van der Waals surface area (Å²) >= 11 is 0. The summed E-state index contributed by atoms with van der Waals surface area (Å²) in [5, 5.41) is 82.3. The van der Waals surface area contributed by atoms with Crippen LogP contribution in [-0.4, -0.2) is 83.6 Å². The van der Waals surface area contributed by atoms with Gasteiger partial charge in [-0.2, -0.15) is 0 Å². The number of benzene rings is 3.